The van der Waals surface area contributed by atoms with Crippen LogP contribution in [0.1, 0.15) is 30.7 Å². The van der Waals surface area contributed by atoms with Gasteiger partial charge in [-0.3, -0.25) is 9.59 Å². The van der Waals surface area contributed by atoms with Crippen LogP contribution < -0.4 is 4.74 Å². The highest BCUT2D eigenvalue weighted by Crippen LogP contribution is 2.41. The number of methoxy groups -OCH3 is 1. The van der Waals surface area contributed by atoms with Gasteiger partial charge in [0.05, 0.1) is 18.9 Å². The van der Waals surface area contributed by atoms with E-state index in [0.29, 0.717) is 25.4 Å². The molecule has 2 atom stereocenters. The topological polar surface area (TPSA) is 66.8 Å². The van der Waals surface area contributed by atoms with Gasteiger partial charge in [-0.15, -0.1) is 0 Å². The second-order valence-electron chi connectivity index (χ2n) is 6.16. The molecule has 0 radical (unpaired) electrons. The molecule has 1 N–H and O–H groups in total. The molecule has 0 spiro atoms. The number of amides is 1. The highest BCUT2D eigenvalue weighted by molar-refractivity contribution is 5.89. The molecular weight excluding hydrogens is 282 g/mol. The van der Waals surface area contributed by atoms with Gasteiger partial charge in [-0.1, -0.05) is 12.1 Å². The molecule has 2 unspecified atom stereocenters. The maximum Gasteiger partial charge on any atom is 0.307 e. The fourth-order valence-corrected chi connectivity index (χ4v) is 3.30. The van der Waals surface area contributed by atoms with E-state index in [1.165, 1.54) is 5.56 Å². The Hall–Kier alpha value is -2.04. The summed E-state index contributed by atoms with van der Waals surface area (Å²) in [4.78, 5) is 25.0. The van der Waals surface area contributed by atoms with Crippen LogP contribution in [0.2, 0.25) is 0 Å². The zero-order valence-corrected chi connectivity index (χ0v) is 12.7. The van der Waals surface area contributed by atoms with Gasteiger partial charge in [-0.2, -0.15) is 0 Å². The zero-order valence-electron chi connectivity index (χ0n) is 12.7. The first-order valence-corrected chi connectivity index (χ1v) is 7.75. The van der Waals surface area contributed by atoms with E-state index in [1.54, 1.807) is 7.11 Å². The van der Waals surface area contributed by atoms with Gasteiger partial charge in [0.1, 0.15) is 5.75 Å². The highest BCUT2D eigenvalue weighted by Gasteiger charge is 2.50. The van der Waals surface area contributed by atoms with Gasteiger partial charge in [0.15, 0.2) is 0 Å². The number of carboxylic acids is 1. The lowest BCUT2D eigenvalue weighted by atomic mass is 9.89. The Bertz CT molecular complexity index is 578. The second kappa shape index (κ2) is 5.99. The summed E-state index contributed by atoms with van der Waals surface area (Å²) in [7, 11) is 1.66. The molecule has 1 saturated carbocycles. The number of aliphatic carboxylic acids is 1. The minimum atomic E-state index is -0.843. The van der Waals surface area contributed by atoms with E-state index >= 15 is 0 Å². The van der Waals surface area contributed by atoms with Crippen LogP contribution in [0, 0.1) is 11.8 Å². The maximum absolute atomic E-state index is 12.3. The summed E-state index contributed by atoms with van der Waals surface area (Å²) >= 11 is 0. The van der Waals surface area contributed by atoms with Crippen molar-refractivity contribution >= 4 is 11.9 Å². The molecule has 118 valence electrons. The molecular formula is C17H21NO4. The number of carboxylic acid groups (broad SMARTS) is 1. The van der Waals surface area contributed by atoms with E-state index in [2.05, 4.69) is 12.1 Å². The largest absolute Gasteiger partial charge is 0.497 e. The number of rotatable bonds is 4. The van der Waals surface area contributed by atoms with Crippen LogP contribution in [0.5, 0.6) is 5.75 Å². The fourth-order valence-electron chi connectivity index (χ4n) is 3.30. The minimum Gasteiger partial charge on any atom is -0.497 e. The van der Waals surface area contributed by atoms with Crippen LogP contribution in [0.25, 0.3) is 0 Å². The number of carbonyl (C=O) groups excluding carboxylic acids is 1. The van der Waals surface area contributed by atoms with Crippen molar-refractivity contribution in [1.82, 2.24) is 4.90 Å². The smallest absolute Gasteiger partial charge is 0.307 e. The van der Waals surface area contributed by atoms with E-state index in [4.69, 9.17) is 9.84 Å². The Morgan fingerprint density at radius 1 is 1.23 bits per heavy atom. The number of benzene rings is 1. The summed E-state index contributed by atoms with van der Waals surface area (Å²) in [5.74, 6) is -0.262. The molecule has 3 rings (SSSR count). The summed E-state index contributed by atoms with van der Waals surface area (Å²) < 4.78 is 5.26. The van der Waals surface area contributed by atoms with Crippen molar-refractivity contribution in [2.24, 2.45) is 11.8 Å². The van der Waals surface area contributed by atoms with Gasteiger partial charge in [0, 0.05) is 13.1 Å². The number of carbonyl (C=O) groups is 2. The Morgan fingerprint density at radius 3 is 2.55 bits per heavy atom. The second-order valence-corrected chi connectivity index (χ2v) is 6.16. The molecule has 5 heteroatoms. The Balaban J connectivity index is 1.56. The van der Waals surface area contributed by atoms with Crippen LogP contribution in [-0.2, 0) is 9.59 Å². The predicted molar refractivity (Wildman–Crippen MR) is 80.8 cm³/mol. The van der Waals surface area contributed by atoms with Crippen LogP contribution in [0.15, 0.2) is 24.3 Å². The Labute approximate surface area is 129 Å². The number of hydrogen-bond donors (Lipinski definition) is 1. The standard InChI is InChI=1S/C17H21NO4/c1-22-13-4-2-3-12(9-13)11-5-7-18(8-6-11)16(19)14-10-15(14)17(20)21/h2-4,9,11,14-15H,5-8,10H2,1H3,(H,20,21). The monoisotopic (exact) mass is 303 g/mol. The van der Waals surface area contributed by atoms with E-state index in [0.717, 1.165) is 18.6 Å². The highest BCUT2D eigenvalue weighted by atomic mass is 16.5. The first-order valence-electron chi connectivity index (χ1n) is 7.75. The molecule has 1 heterocycles. The molecule has 2 fully saturated rings. The van der Waals surface area contributed by atoms with Crippen molar-refractivity contribution in [2.45, 2.75) is 25.2 Å². The van der Waals surface area contributed by atoms with Crippen molar-refractivity contribution in [3.8, 4) is 5.75 Å². The minimum absolute atomic E-state index is 0.0245. The van der Waals surface area contributed by atoms with Crippen molar-refractivity contribution in [3.05, 3.63) is 29.8 Å². The normalized spacial score (nSPS) is 24.9. The van der Waals surface area contributed by atoms with Crippen molar-refractivity contribution < 1.29 is 19.4 Å². The summed E-state index contributed by atoms with van der Waals surface area (Å²) in [6.45, 7) is 1.42. The molecule has 1 amide bonds. The van der Waals surface area contributed by atoms with E-state index in [-0.39, 0.29) is 11.8 Å². The molecule has 1 saturated heterocycles. The van der Waals surface area contributed by atoms with Crippen molar-refractivity contribution in [2.75, 3.05) is 20.2 Å². The molecule has 0 bridgehead atoms. The van der Waals surface area contributed by atoms with Crippen LogP contribution in [-0.4, -0.2) is 42.1 Å². The van der Waals surface area contributed by atoms with Gasteiger partial charge in [-0.25, -0.2) is 0 Å². The molecule has 1 aliphatic heterocycles. The van der Waals surface area contributed by atoms with Crippen LogP contribution in [0.3, 0.4) is 0 Å². The third-order valence-corrected chi connectivity index (χ3v) is 4.80. The van der Waals surface area contributed by atoms with E-state index in [1.807, 2.05) is 17.0 Å². The van der Waals surface area contributed by atoms with Gasteiger partial charge < -0.3 is 14.7 Å². The molecule has 2 aliphatic rings. The van der Waals surface area contributed by atoms with Gasteiger partial charge >= 0.3 is 5.97 Å². The van der Waals surface area contributed by atoms with Crippen LogP contribution in [0.4, 0.5) is 0 Å². The summed E-state index contributed by atoms with van der Waals surface area (Å²) in [5, 5.41) is 8.93. The van der Waals surface area contributed by atoms with Gasteiger partial charge in [0.25, 0.3) is 0 Å². The van der Waals surface area contributed by atoms with Crippen molar-refractivity contribution in [1.29, 1.82) is 0 Å². The number of nitrogens with zero attached hydrogens (tertiary/aromatic N) is 1. The maximum atomic E-state index is 12.3. The van der Waals surface area contributed by atoms with Gasteiger partial charge in [0.2, 0.25) is 5.91 Å². The third-order valence-electron chi connectivity index (χ3n) is 4.80. The third kappa shape index (κ3) is 2.93. The first kappa shape index (κ1) is 14.9. The van der Waals surface area contributed by atoms with Crippen molar-refractivity contribution in [3.63, 3.8) is 0 Å². The quantitative estimate of drug-likeness (QED) is 0.925. The SMILES string of the molecule is COc1cccc(C2CCN(C(=O)C3CC3C(=O)O)CC2)c1. The summed E-state index contributed by atoms with van der Waals surface area (Å²) in [6, 6.07) is 8.09. The molecule has 1 aromatic rings. The average molecular weight is 303 g/mol. The number of ether oxygens (including phenoxy) is 1. The molecule has 5 nitrogen and oxygen atoms in total. The summed E-state index contributed by atoms with van der Waals surface area (Å²) in [5.41, 5.74) is 1.25. The average Bonchev–Trinajstić information content (AvgIpc) is 3.35. The predicted octanol–water partition coefficient (Wildman–Crippen LogP) is 2.12. The molecule has 1 aliphatic carbocycles. The van der Waals surface area contributed by atoms with Gasteiger partial charge in [-0.05, 0) is 42.9 Å². The van der Waals surface area contributed by atoms with Crippen LogP contribution >= 0.6 is 0 Å². The van der Waals surface area contributed by atoms with E-state index < -0.39 is 11.9 Å². The number of hydrogen-bond acceptors (Lipinski definition) is 3. The molecule has 1 aromatic carbocycles. The van der Waals surface area contributed by atoms with E-state index in [9.17, 15) is 9.59 Å². The molecule has 22 heavy (non-hydrogen) atoms. The number of piperidine rings is 1. The summed E-state index contributed by atoms with van der Waals surface area (Å²) in [6.07, 6.45) is 2.34. The molecule has 0 aromatic heterocycles. The lowest BCUT2D eigenvalue weighted by molar-refractivity contribution is -0.142. The first-order chi connectivity index (χ1) is 10.6. The Morgan fingerprint density at radius 2 is 1.95 bits per heavy atom. The lowest BCUT2D eigenvalue weighted by Crippen LogP contribution is -2.39. The lowest BCUT2D eigenvalue weighted by Gasteiger charge is -2.32. The Kier molecular flexibility index (Phi) is 4.05. The number of likely N-dealkylation sites (tertiary alicyclic amines) is 1. The fraction of sp³-hybridized carbons (Fsp3) is 0.529. The zero-order chi connectivity index (χ0) is 15.7.